The highest BCUT2D eigenvalue weighted by Crippen LogP contribution is 2.26. The molecule has 1 unspecified atom stereocenters. The van der Waals surface area contributed by atoms with E-state index in [1.165, 1.54) is 29.9 Å². The van der Waals surface area contributed by atoms with Gasteiger partial charge in [-0.2, -0.15) is 0 Å². The van der Waals surface area contributed by atoms with Crippen molar-refractivity contribution in [1.82, 2.24) is 0 Å². The Morgan fingerprint density at radius 2 is 1.85 bits per heavy atom. The third kappa shape index (κ3) is 3.10. The number of methoxy groups -OCH3 is 1. The number of nitrogens with one attached hydrogen (secondary N) is 1. The second-order valence-electron chi connectivity index (χ2n) is 5.08. The zero-order valence-corrected chi connectivity index (χ0v) is 12.3. The van der Waals surface area contributed by atoms with Crippen LogP contribution in [0.15, 0.2) is 36.4 Å². The van der Waals surface area contributed by atoms with Gasteiger partial charge in [0.1, 0.15) is 0 Å². The number of ether oxygens (including phenoxy) is 1. The van der Waals surface area contributed by atoms with E-state index in [1.807, 2.05) is 0 Å². The van der Waals surface area contributed by atoms with Gasteiger partial charge in [0.15, 0.2) is 11.6 Å². The van der Waals surface area contributed by atoms with Crippen LogP contribution in [0.4, 0.5) is 10.1 Å². The van der Waals surface area contributed by atoms with Gasteiger partial charge in [-0.3, -0.25) is 0 Å². The molecule has 2 aromatic carbocycles. The molecule has 3 heteroatoms. The molecule has 106 valence electrons. The van der Waals surface area contributed by atoms with Crippen molar-refractivity contribution in [3.05, 3.63) is 58.9 Å². The van der Waals surface area contributed by atoms with Crippen LogP contribution in [0.3, 0.4) is 0 Å². The first-order chi connectivity index (χ1) is 9.51. The summed E-state index contributed by atoms with van der Waals surface area (Å²) in [5.41, 5.74) is 4.58. The molecule has 20 heavy (non-hydrogen) atoms. The Morgan fingerprint density at radius 3 is 2.50 bits per heavy atom. The van der Waals surface area contributed by atoms with E-state index >= 15 is 0 Å². The molecular formula is C17H20FNO. The van der Waals surface area contributed by atoms with E-state index in [0.29, 0.717) is 0 Å². The molecule has 2 rings (SSSR count). The predicted molar refractivity (Wildman–Crippen MR) is 80.9 cm³/mol. The van der Waals surface area contributed by atoms with Gasteiger partial charge in [-0.15, -0.1) is 0 Å². The fraction of sp³-hybridized carbons (Fsp3) is 0.294. The van der Waals surface area contributed by atoms with Gasteiger partial charge in [0, 0.05) is 17.8 Å². The van der Waals surface area contributed by atoms with Gasteiger partial charge < -0.3 is 10.1 Å². The van der Waals surface area contributed by atoms with Crippen LogP contribution in [-0.2, 0) is 0 Å². The van der Waals surface area contributed by atoms with E-state index in [-0.39, 0.29) is 17.6 Å². The first kappa shape index (κ1) is 14.4. The minimum atomic E-state index is -0.350. The topological polar surface area (TPSA) is 21.3 Å². The Kier molecular flexibility index (Phi) is 4.28. The van der Waals surface area contributed by atoms with Crippen LogP contribution in [0.25, 0.3) is 0 Å². The Labute approximate surface area is 119 Å². The van der Waals surface area contributed by atoms with Crippen molar-refractivity contribution in [1.29, 1.82) is 0 Å². The molecule has 0 saturated carbocycles. The molecule has 0 spiro atoms. The van der Waals surface area contributed by atoms with E-state index in [0.717, 1.165) is 5.69 Å². The van der Waals surface area contributed by atoms with Crippen molar-refractivity contribution in [2.45, 2.75) is 26.8 Å². The molecule has 0 aliphatic heterocycles. The van der Waals surface area contributed by atoms with Gasteiger partial charge in [-0.1, -0.05) is 23.8 Å². The smallest absolute Gasteiger partial charge is 0.165 e. The maximum Gasteiger partial charge on any atom is 0.165 e. The maximum atomic E-state index is 13.4. The summed E-state index contributed by atoms with van der Waals surface area (Å²) in [6, 6.07) is 11.3. The van der Waals surface area contributed by atoms with Crippen LogP contribution in [0.5, 0.6) is 5.75 Å². The number of anilines is 1. The minimum Gasteiger partial charge on any atom is -0.494 e. The summed E-state index contributed by atoms with van der Waals surface area (Å²) in [7, 11) is 1.47. The second-order valence-corrected chi connectivity index (χ2v) is 5.08. The average Bonchev–Trinajstić information content (AvgIpc) is 2.40. The largest absolute Gasteiger partial charge is 0.494 e. The van der Waals surface area contributed by atoms with Crippen molar-refractivity contribution >= 4 is 5.69 Å². The third-order valence-electron chi connectivity index (χ3n) is 3.43. The van der Waals surface area contributed by atoms with Gasteiger partial charge in [-0.25, -0.2) is 4.39 Å². The Bertz CT molecular complexity index is 610. The summed E-state index contributed by atoms with van der Waals surface area (Å²) in [5, 5.41) is 3.37. The number of benzene rings is 2. The molecule has 0 aliphatic rings. The summed E-state index contributed by atoms with van der Waals surface area (Å²) in [6.45, 7) is 6.28. The van der Waals surface area contributed by atoms with Crippen molar-refractivity contribution < 1.29 is 9.13 Å². The van der Waals surface area contributed by atoms with Crippen molar-refractivity contribution in [3.63, 3.8) is 0 Å². The first-order valence-electron chi connectivity index (χ1n) is 6.68. The molecule has 0 amide bonds. The lowest BCUT2D eigenvalue weighted by Gasteiger charge is -2.19. The molecule has 0 saturated heterocycles. The molecule has 0 heterocycles. The number of rotatable bonds is 4. The number of halogens is 1. The van der Waals surface area contributed by atoms with Crippen LogP contribution >= 0.6 is 0 Å². The SMILES string of the molecule is COc1cc(NC(C)c2ccc(C)cc2C)ccc1F. The summed E-state index contributed by atoms with van der Waals surface area (Å²) < 4.78 is 18.4. The van der Waals surface area contributed by atoms with E-state index in [2.05, 4.69) is 44.3 Å². The van der Waals surface area contributed by atoms with Crippen LogP contribution in [0, 0.1) is 19.7 Å². The molecule has 2 nitrogen and oxygen atoms in total. The van der Waals surface area contributed by atoms with Crippen LogP contribution in [0.2, 0.25) is 0 Å². The lowest BCUT2D eigenvalue weighted by Crippen LogP contribution is -2.08. The molecule has 0 aliphatic carbocycles. The molecule has 0 aromatic heterocycles. The monoisotopic (exact) mass is 273 g/mol. The van der Waals surface area contributed by atoms with E-state index in [1.54, 1.807) is 12.1 Å². The standard InChI is InChI=1S/C17H20FNO/c1-11-5-7-15(12(2)9-11)13(3)19-14-6-8-16(18)17(10-14)20-4/h5-10,13,19H,1-4H3. The van der Waals surface area contributed by atoms with Gasteiger partial charge in [-0.05, 0) is 44.0 Å². The zero-order valence-electron chi connectivity index (χ0n) is 12.3. The van der Waals surface area contributed by atoms with E-state index in [9.17, 15) is 4.39 Å². The Morgan fingerprint density at radius 1 is 1.10 bits per heavy atom. The molecule has 1 atom stereocenters. The van der Waals surface area contributed by atoms with Crippen LogP contribution in [-0.4, -0.2) is 7.11 Å². The minimum absolute atomic E-state index is 0.144. The number of hydrogen-bond donors (Lipinski definition) is 1. The van der Waals surface area contributed by atoms with Crippen molar-refractivity contribution in [3.8, 4) is 5.75 Å². The van der Waals surface area contributed by atoms with Crippen LogP contribution < -0.4 is 10.1 Å². The molecule has 0 radical (unpaired) electrons. The van der Waals surface area contributed by atoms with Gasteiger partial charge in [0.05, 0.1) is 7.11 Å². The Balaban J connectivity index is 2.21. The maximum absolute atomic E-state index is 13.4. The lowest BCUT2D eigenvalue weighted by atomic mass is 10.00. The van der Waals surface area contributed by atoms with E-state index in [4.69, 9.17) is 4.74 Å². The molecule has 0 fully saturated rings. The highest BCUT2D eigenvalue weighted by molar-refractivity contribution is 5.51. The molecule has 2 aromatic rings. The summed E-state index contributed by atoms with van der Waals surface area (Å²) >= 11 is 0. The Hall–Kier alpha value is -2.03. The first-order valence-corrected chi connectivity index (χ1v) is 6.68. The number of aryl methyl sites for hydroxylation is 2. The highest BCUT2D eigenvalue weighted by Gasteiger charge is 2.10. The van der Waals surface area contributed by atoms with Crippen molar-refractivity contribution in [2.24, 2.45) is 0 Å². The normalized spacial score (nSPS) is 12.1. The highest BCUT2D eigenvalue weighted by atomic mass is 19.1. The quantitative estimate of drug-likeness (QED) is 0.877. The van der Waals surface area contributed by atoms with Crippen molar-refractivity contribution in [2.75, 3.05) is 12.4 Å². The third-order valence-corrected chi connectivity index (χ3v) is 3.43. The van der Waals surface area contributed by atoms with Gasteiger partial charge >= 0.3 is 0 Å². The summed E-state index contributed by atoms with van der Waals surface area (Å²) in [4.78, 5) is 0. The van der Waals surface area contributed by atoms with Gasteiger partial charge in [0.2, 0.25) is 0 Å². The van der Waals surface area contributed by atoms with E-state index < -0.39 is 0 Å². The average molecular weight is 273 g/mol. The fourth-order valence-electron chi connectivity index (χ4n) is 2.39. The lowest BCUT2D eigenvalue weighted by molar-refractivity contribution is 0.387. The number of hydrogen-bond acceptors (Lipinski definition) is 2. The summed E-state index contributed by atoms with van der Waals surface area (Å²) in [5.74, 6) is -0.0972. The summed E-state index contributed by atoms with van der Waals surface area (Å²) in [6.07, 6.45) is 0. The van der Waals surface area contributed by atoms with Crippen LogP contribution in [0.1, 0.15) is 29.7 Å². The molecule has 1 N–H and O–H groups in total. The predicted octanol–water partition coefficient (Wildman–Crippen LogP) is 4.62. The molecule has 0 bridgehead atoms. The molecular weight excluding hydrogens is 253 g/mol. The second kappa shape index (κ2) is 5.95. The van der Waals surface area contributed by atoms with Gasteiger partial charge in [0.25, 0.3) is 0 Å². The fourth-order valence-corrected chi connectivity index (χ4v) is 2.39. The zero-order chi connectivity index (χ0) is 14.7.